The molecule has 1 heterocycles. The van der Waals surface area contributed by atoms with E-state index in [4.69, 9.17) is 4.74 Å². The first-order chi connectivity index (χ1) is 13.3. The molecule has 4 heteroatoms. The van der Waals surface area contributed by atoms with Gasteiger partial charge in [-0.05, 0) is 42.9 Å². The van der Waals surface area contributed by atoms with Gasteiger partial charge in [0.1, 0.15) is 5.75 Å². The van der Waals surface area contributed by atoms with Crippen molar-refractivity contribution >= 4 is 23.4 Å². The highest BCUT2D eigenvalue weighted by Crippen LogP contribution is 2.29. The summed E-state index contributed by atoms with van der Waals surface area (Å²) in [6, 6.07) is 15.6. The van der Waals surface area contributed by atoms with Gasteiger partial charge >= 0.3 is 0 Å². The zero-order valence-corrected chi connectivity index (χ0v) is 16.7. The molecule has 0 aliphatic carbocycles. The van der Waals surface area contributed by atoms with Crippen LogP contribution in [0.3, 0.4) is 0 Å². The standard InChI is InChI=1S/C23H29NO2S/c25-23-19-13-7-9-15-21(19)26-17-11-5-3-1-2-4-6-12-18-27-22-16-10-8-14-20(22)24-23/h7-10,13-16H,1-6,11-12,17-18H2,(H,24,25). The van der Waals surface area contributed by atoms with Gasteiger partial charge in [-0.3, -0.25) is 4.79 Å². The van der Waals surface area contributed by atoms with E-state index < -0.39 is 0 Å². The number of amides is 1. The van der Waals surface area contributed by atoms with Gasteiger partial charge in [-0.2, -0.15) is 0 Å². The third-order valence-electron chi connectivity index (χ3n) is 4.82. The minimum atomic E-state index is -0.111. The van der Waals surface area contributed by atoms with E-state index in [2.05, 4.69) is 11.4 Å². The van der Waals surface area contributed by atoms with Crippen LogP contribution in [0.15, 0.2) is 53.4 Å². The Hall–Kier alpha value is -1.94. The Morgan fingerprint density at radius 2 is 1.44 bits per heavy atom. The van der Waals surface area contributed by atoms with Crippen LogP contribution in [0.5, 0.6) is 5.75 Å². The second-order valence-electron chi connectivity index (χ2n) is 6.97. The molecule has 1 aliphatic heterocycles. The summed E-state index contributed by atoms with van der Waals surface area (Å²) in [6.45, 7) is 0.663. The Balaban J connectivity index is 1.75. The average molecular weight is 384 g/mol. The van der Waals surface area contributed by atoms with Gasteiger partial charge in [-0.1, -0.05) is 62.8 Å². The van der Waals surface area contributed by atoms with Gasteiger partial charge in [-0.15, -0.1) is 11.8 Å². The zero-order valence-electron chi connectivity index (χ0n) is 15.9. The van der Waals surface area contributed by atoms with Gasteiger partial charge in [0.15, 0.2) is 0 Å². The second kappa shape index (κ2) is 11.0. The summed E-state index contributed by atoms with van der Waals surface area (Å²) in [4.78, 5) is 14.0. The number of hydrogen-bond donors (Lipinski definition) is 1. The van der Waals surface area contributed by atoms with Gasteiger partial charge in [0, 0.05) is 4.90 Å². The molecule has 0 aromatic heterocycles. The molecule has 0 spiro atoms. The van der Waals surface area contributed by atoms with Crippen molar-refractivity contribution in [2.45, 2.75) is 56.3 Å². The zero-order chi connectivity index (χ0) is 18.7. The summed E-state index contributed by atoms with van der Waals surface area (Å²) in [5.74, 6) is 1.65. The Morgan fingerprint density at radius 1 is 0.778 bits per heavy atom. The predicted octanol–water partition coefficient (Wildman–Crippen LogP) is 6.54. The molecule has 0 fully saturated rings. The summed E-state index contributed by atoms with van der Waals surface area (Å²) < 4.78 is 5.93. The molecule has 0 atom stereocenters. The molecule has 27 heavy (non-hydrogen) atoms. The fourth-order valence-electron chi connectivity index (χ4n) is 3.29. The monoisotopic (exact) mass is 383 g/mol. The number of benzene rings is 2. The summed E-state index contributed by atoms with van der Waals surface area (Å²) in [6.07, 6.45) is 9.99. The minimum absolute atomic E-state index is 0.111. The van der Waals surface area contributed by atoms with Crippen LogP contribution in [0.1, 0.15) is 61.7 Å². The molecule has 3 rings (SSSR count). The first-order valence-corrected chi connectivity index (χ1v) is 11.1. The van der Waals surface area contributed by atoms with Crippen molar-refractivity contribution in [1.82, 2.24) is 0 Å². The summed E-state index contributed by atoms with van der Waals surface area (Å²) >= 11 is 1.83. The highest BCUT2D eigenvalue weighted by atomic mass is 32.2. The summed E-state index contributed by atoms with van der Waals surface area (Å²) in [5, 5.41) is 3.08. The predicted molar refractivity (Wildman–Crippen MR) is 114 cm³/mol. The van der Waals surface area contributed by atoms with Crippen LogP contribution < -0.4 is 10.1 Å². The van der Waals surface area contributed by atoms with Crippen LogP contribution in [0, 0.1) is 0 Å². The SMILES string of the molecule is O=C1Nc2ccccc2SCCCCCCCCCCOc2ccccc21. The van der Waals surface area contributed by atoms with Crippen molar-refractivity contribution in [2.24, 2.45) is 0 Å². The Bertz CT molecular complexity index is 732. The van der Waals surface area contributed by atoms with Gasteiger partial charge < -0.3 is 10.1 Å². The van der Waals surface area contributed by atoms with Crippen molar-refractivity contribution < 1.29 is 9.53 Å². The second-order valence-corrected chi connectivity index (χ2v) is 8.11. The van der Waals surface area contributed by atoms with Crippen molar-refractivity contribution in [2.75, 3.05) is 17.7 Å². The lowest BCUT2D eigenvalue weighted by atomic mass is 10.1. The molecular formula is C23H29NO2S. The van der Waals surface area contributed by atoms with Crippen LogP contribution in [0.25, 0.3) is 0 Å². The molecule has 2 aromatic carbocycles. The molecule has 144 valence electrons. The number of rotatable bonds is 0. The maximum Gasteiger partial charge on any atom is 0.259 e. The number of carbonyl (C=O) groups excluding carboxylic acids is 1. The number of ether oxygens (including phenoxy) is 1. The number of anilines is 1. The van der Waals surface area contributed by atoms with E-state index in [1.807, 2.05) is 54.2 Å². The van der Waals surface area contributed by atoms with Crippen molar-refractivity contribution in [1.29, 1.82) is 0 Å². The number of para-hydroxylation sites is 2. The Labute approximate surface area is 166 Å². The van der Waals surface area contributed by atoms with Gasteiger partial charge in [0.2, 0.25) is 0 Å². The van der Waals surface area contributed by atoms with E-state index in [0.717, 1.165) is 22.8 Å². The summed E-state index contributed by atoms with van der Waals surface area (Å²) in [5.41, 5.74) is 1.47. The van der Waals surface area contributed by atoms with Crippen molar-refractivity contribution in [3.8, 4) is 5.75 Å². The maximum absolute atomic E-state index is 12.9. The fraction of sp³-hybridized carbons (Fsp3) is 0.435. The molecule has 0 saturated heterocycles. The smallest absolute Gasteiger partial charge is 0.259 e. The highest BCUT2D eigenvalue weighted by molar-refractivity contribution is 7.99. The Morgan fingerprint density at radius 3 is 2.30 bits per heavy atom. The van der Waals surface area contributed by atoms with E-state index in [9.17, 15) is 4.79 Å². The van der Waals surface area contributed by atoms with Gasteiger partial charge in [0.05, 0.1) is 17.9 Å². The normalized spacial score (nSPS) is 17.4. The molecule has 1 aliphatic rings. The molecule has 1 amide bonds. The third kappa shape index (κ3) is 6.31. The van der Waals surface area contributed by atoms with E-state index in [1.165, 1.54) is 44.9 Å². The molecule has 0 bridgehead atoms. The Kier molecular flexibility index (Phi) is 8.09. The quantitative estimate of drug-likeness (QED) is 0.561. The van der Waals surface area contributed by atoms with Gasteiger partial charge in [-0.25, -0.2) is 0 Å². The van der Waals surface area contributed by atoms with E-state index in [1.54, 1.807) is 0 Å². The van der Waals surface area contributed by atoms with Crippen molar-refractivity contribution in [3.05, 3.63) is 54.1 Å². The van der Waals surface area contributed by atoms with Crippen molar-refractivity contribution in [3.63, 3.8) is 0 Å². The largest absolute Gasteiger partial charge is 0.493 e. The number of hydrogen-bond acceptors (Lipinski definition) is 3. The minimum Gasteiger partial charge on any atom is -0.493 e. The lowest BCUT2D eigenvalue weighted by molar-refractivity contribution is 0.102. The third-order valence-corrected chi connectivity index (χ3v) is 5.98. The molecule has 0 unspecified atom stereocenters. The van der Waals surface area contributed by atoms with E-state index in [-0.39, 0.29) is 5.91 Å². The van der Waals surface area contributed by atoms with E-state index in [0.29, 0.717) is 17.9 Å². The molecular weight excluding hydrogens is 354 g/mol. The van der Waals surface area contributed by atoms with Crippen LogP contribution in [-0.4, -0.2) is 18.3 Å². The number of carbonyl (C=O) groups is 1. The summed E-state index contributed by atoms with van der Waals surface area (Å²) in [7, 11) is 0. The average Bonchev–Trinajstić information content (AvgIpc) is 2.69. The topological polar surface area (TPSA) is 38.3 Å². The molecule has 1 N–H and O–H groups in total. The number of nitrogens with one attached hydrogen (secondary N) is 1. The van der Waals surface area contributed by atoms with E-state index >= 15 is 0 Å². The van der Waals surface area contributed by atoms with Crippen LogP contribution in [-0.2, 0) is 0 Å². The first kappa shape index (κ1) is 19.8. The molecule has 0 saturated carbocycles. The maximum atomic E-state index is 12.9. The number of thioether (sulfide) groups is 1. The number of fused-ring (bicyclic) bond motifs is 2. The molecule has 2 aromatic rings. The van der Waals surface area contributed by atoms with Crippen LogP contribution >= 0.6 is 11.8 Å². The first-order valence-electron chi connectivity index (χ1n) is 10.1. The molecule has 0 radical (unpaired) electrons. The molecule has 3 nitrogen and oxygen atoms in total. The lowest BCUT2D eigenvalue weighted by Crippen LogP contribution is -2.14. The fourth-order valence-corrected chi connectivity index (χ4v) is 4.31. The highest BCUT2D eigenvalue weighted by Gasteiger charge is 2.14. The van der Waals surface area contributed by atoms with Crippen LogP contribution in [0.4, 0.5) is 5.69 Å². The van der Waals surface area contributed by atoms with Gasteiger partial charge in [0.25, 0.3) is 5.91 Å². The lowest BCUT2D eigenvalue weighted by Gasteiger charge is -2.14. The van der Waals surface area contributed by atoms with Crippen LogP contribution in [0.2, 0.25) is 0 Å².